The first-order chi connectivity index (χ1) is 8.80. The van der Waals surface area contributed by atoms with Crippen molar-refractivity contribution in [3.8, 4) is 0 Å². The summed E-state index contributed by atoms with van der Waals surface area (Å²) < 4.78 is 42.6. The Morgan fingerprint density at radius 3 is 2.84 bits per heavy atom. The molecule has 19 heavy (non-hydrogen) atoms. The van der Waals surface area contributed by atoms with Gasteiger partial charge in [0, 0.05) is 19.6 Å². The minimum Gasteiger partial charge on any atom is -0.396 e. The van der Waals surface area contributed by atoms with E-state index in [0.717, 1.165) is 12.3 Å². The van der Waals surface area contributed by atoms with Gasteiger partial charge in [0.15, 0.2) is 0 Å². The van der Waals surface area contributed by atoms with Gasteiger partial charge in [-0.2, -0.15) is 13.2 Å². The molecule has 0 aromatic carbocycles. The SMILES string of the molecule is Nc1cnc(C(F)(F)F)cc1NCC1(O)CCOC1. The van der Waals surface area contributed by atoms with Crippen molar-refractivity contribution in [3.05, 3.63) is 18.0 Å². The van der Waals surface area contributed by atoms with E-state index in [9.17, 15) is 18.3 Å². The number of nitrogens with two attached hydrogens (primary N) is 1. The van der Waals surface area contributed by atoms with Crippen LogP contribution in [-0.4, -0.2) is 35.5 Å². The highest BCUT2D eigenvalue weighted by Gasteiger charge is 2.34. The first-order valence-corrected chi connectivity index (χ1v) is 5.67. The normalized spacial score (nSPS) is 23.6. The van der Waals surface area contributed by atoms with Crippen LogP contribution in [0.2, 0.25) is 0 Å². The van der Waals surface area contributed by atoms with Crippen LogP contribution < -0.4 is 11.1 Å². The Bertz CT molecular complexity index is 459. The molecule has 1 aromatic heterocycles. The van der Waals surface area contributed by atoms with Crippen molar-refractivity contribution in [2.45, 2.75) is 18.2 Å². The number of ether oxygens (including phenoxy) is 1. The minimum absolute atomic E-state index is 0.0680. The Labute approximate surface area is 107 Å². The van der Waals surface area contributed by atoms with Gasteiger partial charge in [0.2, 0.25) is 0 Å². The van der Waals surface area contributed by atoms with Crippen LogP contribution >= 0.6 is 0 Å². The van der Waals surface area contributed by atoms with Gasteiger partial charge in [-0.1, -0.05) is 0 Å². The summed E-state index contributed by atoms with van der Waals surface area (Å²) in [5.74, 6) is 0. The van der Waals surface area contributed by atoms with Crippen molar-refractivity contribution in [1.82, 2.24) is 4.98 Å². The zero-order valence-corrected chi connectivity index (χ0v) is 10.00. The van der Waals surface area contributed by atoms with Gasteiger partial charge in [-0.3, -0.25) is 0 Å². The van der Waals surface area contributed by atoms with Crippen LogP contribution in [0.4, 0.5) is 24.5 Å². The van der Waals surface area contributed by atoms with Crippen molar-refractivity contribution in [1.29, 1.82) is 0 Å². The highest BCUT2D eigenvalue weighted by molar-refractivity contribution is 5.65. The molecule has 106 valence electrons. The van der Waals surface area contributed by atoms with E-state index in [1.165, 1.54) is 0 Å². The van der Waals surface area contributed by atoms with Gasteiger partial charge in [0.25, 0.3) is 0 Å². The van der Waals surface area contributed by atoms with E-state index in [-0.39, 0.29) is 24.5 Å². The van der Waals surface area contributed by atoms with Crippen LogP contribution in [0.15, 0.2) is 12.3 Å². The topological polar surface area (TPSA) is 80.4 Å². The first-order valence-electron chi connectivity index (χ1n) is 5.67. The molecule has 0 aliphatic carbocycles. The highest BCUT2D eigenvalue weighted by atomic mass is 19.4. The van der Waals surface area contributed by atoms with E-state index >= 15 is 0 Å². The number of hydrogen-bond donors (Lipinski definition) is 3. The third-order valence-corrected chi connectivity index (χ3v) is 2.92. The number of alkyl halides is 3. The maximum Gasteiger partial charge on any atom is 0.433 e. The first kappa shape index (κ1) is 13.9. The molecule has 1 fully saturated rings. The van der Waals surface area contributed by atoms with E-state index in [0.29, 0.717) is 13.0 Å². The summed E-state index contributed by atoms with van der Waals surface area (Å²) in [6.45, 7) is 0.646. The Morgan fingerprint density at radius 1 is 1.53 bits per heavy atom. The van der Waals surface area contributed by atoms with Crippen molar-refractivity contribution in [3.63, 3.8) is 0 Å². The average molecular weight is 277 g/mol. The van der Waals surface area contributed by atoms with Crippen LogP contribution in [0.5, 0.6) is 0 Å². The number of halogens is 3. The molecular weight excluding hydrogens is 263 g/mol. The predicted molar refractivity (Wildman–Crippen MR) is 62.5 cm³/mol. The molecule has 1 aromatic rings. The number of rotatable bonds is 3. The van der Waals surface area contributed by atoms with E-state index in [4.69, 9.17) is 10.5 Å². The van der Waals surface area contributed by atoms with E-state index in [2.05, 4.69) is 10.3 Å². The average Bonchev–Trinajstić information content (AvgIpc) is 2.74. The Morgan fingerprint density at radius 2 is 2.26 bits per heavy atom. The van der Waals surface area contributed by atoms with Gasteiger partial charge in [0.1, 0.15) is 11.3 Å². The van der Waals surface area contributed by atoms with E-state index < -0.39 is 17.5 Å². The molecule has 4 N–H and O–H groups in total. The quantitative estimate of drug-likeness (QED) is 0.774. The van der Waals surface area contributed by atoms with Gasteiger partial charge < -0.3 is 20.9 Å². The lowest BCUT2D eigenvalue weighted by atomic mass is 10.0. The Hall–Kier alpha value is -1.54. The largest absolute Gasteiger partial charge is 0.433 e. The number of aromatic nitrogens is 1. The lowest BCUT2D eigenvalue weighted by Gasteiger charge is -2.22. The fraction of sp³-hybridized carbons (Fsp3) is 0.545. The summed E-state index contributed by atoms with van der Waals surface area (Å²) in [7, 11) is 0. The van der Waals surface area contributed by atoms with E-state index in [1.807, 2.05) is 0 Å². The summed E-state index contributed by atoms with van der Waals surface area (Å²) in [6, 6.07) is 0.828. The van der Waals surface area contributed by atoms with Crippen LogP contribution in [-0.2, 0) is 10.9 Å². The fourth-order valence-corrected chi connectivity index (χ4v) is 1.77. The number of nitrogens with zero attached hydrogens (tertiary/aromatic N) is 1. The number of nitrogens with one attached hydrogen (secondary N) is 1. The van der Waals surface area contributed by atoms with Crippen molar-refractivity contribution in [2.24, 2.45) is 0 Å². The lowest BCUT2D eigenvalue weighted by Crippen LogP contribution is -2.37. The molecule has 0 spiro atoms. The molecule has 1 unspecified atom stereocenters. The summed E-state index contributed by atoms with van der Waals surface area (Å²) in [5.41, 5.74) is 3.64. The fourth-order valence-electron chi connectivity index (χ4n) is 1.77. The summed E-state index contributed by atoms with van der Waals surface area (Å²) >= 11 is 0. The molecule has 2 rings (SSSR count). The second-order valence-electron chi connectivity index (χ2n) is 4.54. The molecule has 8 heteroatoms. The third-order valence-electron chi connectivity index (χ3n) is 2.92. The molecule has 1 saturated heterocycles. The molecule has 0 saturated carbocycles. The van der Waals surface area contributed by atoms with Gasteiger partial charge in [0.05, 0.1) is 24.2 Å². The van der Waals surface area contributed by atoms with Gasteiger partial charge in [-0.25, -0.2) is 4.98 Å². The van der Waals surface area contributed by atoms with Crippen LogP contribution in [0.1, 0.15) is 12.1 Å². The van der Waals surface area contributed by atoms with Crippen molar-refractivity contribution < 1.29 is 23.0 Å². The second kappa shape index (κ2) is 4.86. The maximum atomic E-state index is 12.5. The number of hydrogen-bond acceptors (Lipinski definition) is 5. The van der Waals surface area contributed by atoms with Crippen LogP contribution in [0.25, 0.3) is 0 Å². The van der Waals surface area contributed by atoms with Crippen LogP contribution in [0.3, 0.4) is 0 Å². The van der Waals surface area contributed by atoms with Crippen molar-refractivity contribution >= 4 is 11.4 Å². The standard InChI is InChI=1S/C11H14F3N3O2/c12-11(13,14)9-3-8(7(15)4-16-9)17-5-10(18)1-2-19-6-10/h3-4,18H,1-2,5-6,15H2,(H,16,17). The molecule has 0 bridgehead atoms. The highest BCUT2D eigenvalue weighted by Crippen LogP contribution is 2.31. The zero-order valence-electron chi connectivity index (χ0n) is 10.00. The molecular formula is C11H14F3N3O2. The Balaban J connectivity index is 2.11. The summed E-state index contributed by atoms with van der Waals surface area (Å²) in [6.07, 6.45) is -3.16. The predicted octanol–water partition coefficient (Wildman–Crippen LogP) is 1.25. The lowest BCUT2D eigenvalue weighted by molar-refractivity contribution is -0.141. The molecule has 1 aliphatic rings. The molecule has 1 atom stereocenters. The summed E-state index contributed by atoms with van der Waals surface area (Å²) in [4.78, 5) is 3.23. The third kappa shape index (κ3) is 3.27. The molecule has 0 radical (unpaired) electrons. The maximum absolute atomic E-state index is 12.5. The van der Waals surface area contributed by atoms with Gasteiger partial charge >= 0.3 is 6.18 Å². The van der Waals surface area contributed by atoms with Gasteiger partial charge in [-0.15, -0.1) is 0 Å². The molecule has 2 heterocycles. The summed E-state index contributed by atoms with van der Waals surface area (Å²) in [5, 5.41) is 12.7. The number of nitrogen functional groups attached to an aromatic ring is 1. The van der Waals surface area contributed by atoms with Gasteiger partial charge in [-0.05, 0) is 6.07 Å². The monoisotopic (exact) mass is 277 g/mol. The Kier molecular flexibility index (Phi) is 3.55. The smallest absolute Gasteiger partial charge is 0.396 e. The van der Waals surface area contributed by atoms with Crippen molar-refractivity contribution in [2.75, 3.05) is 30.8 Å². The zero-order chi connectivity index (χ0) is 14.1. The molecule has 1 aliphatic heterocycles. The number of anilines is 2. The molecule has 0 amide bonds. The number of pyridine rings is 1. The molecule has 5 nitrogen and oxygen atoms in total. The minimum atomic E-state index is -4.53. The van der Waals surface area contributed by atoms with Crippen LogP contribution in [0, 0.1) is 0 Å². The second-order valence-corrected chi connectivity index (χ2v) is 4.54. The number of aliphatic hydroxyl groups is 1. The van der Waals surface area contributed by atoms with E-state index in [1.54, 1.807) is 0 Å².